The van der Waals surface area contributed by atoms with E-state index in [9.17, 15) is 4.39 Å². The molecule has 0 bridgehead atoms. The number of aromatic nitrogens is 3. The average Bonchev–Trinajstić information content (AvgIpc) is 3.11. The van der Waals surface area contributed by atoms with Gasteiger partial charge in [-0.25, -0.2) is 9.37 Å². The molecule has 124 valence electrons. The number of nitrogens with zero attached hydrogens (tertiary/aromatic N) is 2. The van der Waals surface area contributed by atoms with Gasteiger partial charge in [-0.3, -0.25) is 5.10 Å². The van der Waals surface area contributed by atoms with Crippen LogP contribution in [0.3, 0.4) is 0 Å². The lowest BCUT2D eigenvalue weighted by Crippen LogP contribution is -2.14. The van der Waals surface area contributed by atoms with Crippen molar-refractivity contribution in [2.75, 3.05) is 14.2 Å². The molecule has 0 saturated heterocycles. The van der Waals surface area contributed by atoms with Crippen molar-refractivity contribution in [3.05, 3.63) is 59.7 Å². The molecular formula is C17H17FN4O2. The minimum Gasteiger partial charge on any atom is -0.493 e. The van der Waals surface area contributed by atoms with Crippen LogP contribution in [0.1, 0.15) is 17.4 Å². The van der Waals surface area contributed by atoms with E-state index in [1.165, 1.54) is 12.1 Å². The Hall–Kier alpha value is -2.93. The smallest absolute Gasteiger partial charge is 0.181 e. The molecule has 3 aromatic rings. The standard InChI is InChI=1S/C17H17FN4O2/c1-23-13-8-5-11(9-14(13)24-2)15(19)17-20-16(21-22-17)10-3-6-12(18)7-4-10/h3-9,15H,19H2,1-2H3,(H,20,21,22). The summed E-state index contributed by atoms with van der Waals surface area (Å²) >= 11 is 0. The van der Waals surface area contributed by atoms with Gasteiger partial charge in [0.05, 0.1) is 20.3 Å². The van der Waals surface area contributed by atoms with E-state index >= 15 is 0 Å². The molecule has 0 aliphatic heterocycles. The van der Waals surface area contributed by atoms with Crippen LogP contribution in [0.4, 0.5) is 4.39 Å². The van der Waals surface area contributed by atoms with Crippen molar-refractivity contribution in [3.8, 4) is 22.9 Å². The quantitative estimate of drug-likeness (QED) is 0.752. The second-order valence-electron chi connectivity index (χ2n) is 5.14. The minimum absolute atomic E-state index is 0.309. The van der Waals surface area contributed by atoms with Gasteiger partial charge in [-0.2, -0.15) is 5.10 Å². The Morgan fingerprint density at radius 3 is 2.42 bits per heavy atom. The van der Waals surface area contributed by atoms with Gasteiger partial charge in [-0.05, 0) is 42.0 Å². The van der Waals surface area contributed by atoms with Crippen LogP contribution in [-0.2, 0) is 0 Å². The molecule has 3 rings (SSSR count). The number of hydrogen-bond acceptors (Lipinski definition) is 5. The van der Waals surface area contributed by atoms with Crippen molar-refractivity contribution in [2.24, 2.45) is 5.73 Å². The molecule has 0 aliphatic carbocycles. The Balaban J connectivity index is 1.88. The second kappa shape index (κ2) is 6.67. The molecular weight excluding hydrogens is 311 g/mol. The summed E-state index contributed by atoms with van der Waals surface area (Å²) in [7, 11) is 3.14. The third-order valence-electron chi connectivity index (χ3n) is 3.67. The summed E-state index contributed by atoms with van der Waals surface area (Å²) in [6.07, 6.45) is 0. The summed E-state index contributed by atoms with van der Waals surface area (Å²) in [4.78, 5) is 4.40. The van der Waals surface area contributed by atoms with Crippen LogP contribution >= 0.6 is 0 Å². The monoisotopic (exact) mass is 328 g/mol. The van der Waals surface area contributed by atoms with E-state index in [-0.39, 0.29) is 5.82 Å². The maximum atomic E-state index is 13.0. The van der Waals surface area contributed by atoms with Crippen LogP contribution in [0.15, 0.2) is 42.5 Å². The topological polar surface area (TPSA) is 86.0 Å². The zero-order valence-corrected chi connectivity index (χ0v) is 13.3. The van der Waals surface area contributed by atoms with Gasteiger partial charge >= 0.3 is 0 Å². The third kappa shape index (κ3) is 3.07. The molecule has 1 atom stereocenters. The predicted octanol–water partition coefficient (Wildman–Crippen LogP) is 2.68. The van der Waals surface area contributed by atoms with E-state index < -0.39 is 6.04 Å². The number of methoxy groups -OCH3 is 2. The first kappa shape index (κ1) is 15.9. The number of halogens is 1. The first-order valence-electron chi connectivity index (χ1n) is 7.28. The van der Waals surface area contributed by atoms with Crippen molar-refractivity contribution in [3.63, 3.8) is 0 Å². The van der Waals surface area contributed by atoms with Crippen LogP contribution in [-0.4, -0.2) is 29.4 Å². The molecule has 3 N–H and O–H groups in total. The molecule has 6 nitrogen and oxygen atoms in total. The maximum absolute atomic E-state index is 13.0. The fraction of sp³-hybridized carbons (Fsp3) is 0.176. The molecule has 24 heavy (non-hydrogen) atoms. The highest BCUT2D eigenvalue weighted by Crippen LogP contribution is 2.30. The lowest BCUT2D eigenvalue weighted by Gasteiger charge is -2.13. The van der Waals surface area contributed by atoms with Crippen LogP contribution < -0.4 is 15.2 Å². The summed E-state index contributed by atoms with van der Waals surface area (Å²) in [5.41, 5.74) is 7.76. The number of rotatable bonds is 5. The first-order chi connectivity index (χ1) is 11.6. The summed E-state index contributed by atoms with van der Waals surface area (Å²) < 4.78 is 23.5. The van der Waals surface area contributed by atoms with Gasteiger partial charge in [0.25, 0.3) is 0 Å². The number of aromatic amines is 1. The Morgan fingerprint density at radius 2 is 1.75 bits per heavy atom. The normalized spacial score (nSPS) is 12.0. The number of nitrogens with two attached hydrogens (primary N) is 1. The molecule has 1 heterocycles. The first-order valence-corrected chi connectivity index (χ1v) is 7.28. The Kier molecular flexibility index (Phi) is 4.43. The molecule has 0 amide bonds. The van der Waals surface area contributed by atoms with Gasteiger partial charge in [0.2, 0.25) is 0 Å². The number of benzene rings is 2. The lowest BCUT2D eigenvalue weighted by molar-refractivity contribution is 0.354. The highest BCUT2D eigenvalue weighted by molar-refractivity contribution is 5.54. The summed E-state index contributed by atoms with van der Waals surface area (Å²) in [5, 5.41) is 6.98. The van der Waals surface area contributed by atoms with Crippen molar-refractivity contribution in [1.82, 2.24) is 15.2 Å². The highest BCUT2D eigenvalue weighted by Gasteiger charge is 2.17. The van der Waals surface area contributed by atoms with Crippen LogP contribution in [0, 0.1) is 5.82 Å². The molecule has 7 heteroatoms. The van der Waals surface area contributed by atoms with Crippen molar-refractivity contribution < 1.29 is 13.9 Å². The van der Waals surface area contributed by atoms with Gasteiger partial charge in [0.15, 0.2) is 17.3 Å². The van der Waals surface area contributed by atoms with Gasteiger partial charge in [0, 0.05) is 5.56 Å². The molecule has 1 aromatic heterocycles. The van der Waals surface area contributed by atoms with E-state index in [0.717, 1.165) is 5.56 Å². The Morgan fingerprint density at radius 1 is 1.04 bits per heavy atom. The number of H-pyrrole nitrogens is 1. The third-order valence-corrected chi connectivity index (χ3v) is 3.67. The van der Waals surface area contributed by atoms with E-state index in [4.69, 9.17) is 15.2 Å². The van der Waals surface area contributed by atoms with E-state index in [1.54, 1.807) is 38.5 Å². The second-order valence-corrected chi connectivity index (χ2v) is 5.14. The maximum Gasteiger partial charge on any atom is 0.181 e. The molecule has 1 unspecified atom stereocenters. The zero-order chi connectivity index (χ0) is 17.1. The minimum atomic E-state index is -0.508. The number of ether oxygens (including phenoxy) is 2. The molecule has 2 aromatic carbocycles. The lowest BCUT2D eigenvalue weighted by atomic mass is 10.1. The summed E-state index contributed by atoms with van der Waals surface area (Å²) in [5.74, 6) is 1.86. The summed E-state index contributed by atoms with van der Waals surface area (Å²) in [6.45, 7) is 0. The SMILES string of the molecule is COc1ccc(C(N)c2nc(-c3ccc(F)cc3)n[nH]2)cc1OC. The molecule has 0 fully saturated rings. The number of hydrogen-bond donors (Lipinski definition) is 2. The fourth-order valence-electron chi connectivity index (χ4n) is 2.35. The highest BCUT2D eigenvalue weighted by atomic mass is 19.1. The molecule has 0 aliphatic rings. The zero-order valence-electron chi connectivity index (χ0n) is 13.3. The fourth-order valence-corrected chi connectivity index (χ4v) is 2.35. The Labute approximate surface area is 138 Å². The van der Waals surface area contributed by atoms with Crippen LogP contribution in [0.5, 0.6) is 11.5 Å². The largest absolute Gasteiger partial charge is 0.493 e. The summed E-state index contributed by atoms with van der Waals surface area (Å²) in [6, 6.07) is 10.9. The van der Waals surface area contributed by atoms with Gasteiger partial charge < -0.3 is 15.2 Å². The average molecular weight is 328 g/mol. The van der Waals surface area contributed by atoms with E-state index in [2.05, 4.69) is 15.2 Å². The molecule has 0 spiro atoms. The number of nitrogens with one attached hydrogen (secondary N) is 1. The van der Waals surface area contributed by atoms with Gasteiger partial charge in [-0.15, -0.1) is 0 Å². The molecule has 0 saturated carbocycles. The van der Waals surface area contributed by atoms with Crippen molar-refractivity contribution in [2.45, 2.75) is 6.04 Å². The van der Waals surface area contributed by atoms with E-state index in [1.807, 2.05) is 6.07 Å². The van der Waals surface area contributed by atoms with Crippen molar-refractivity contribution in [1.29, 1.82) is 0 Å². The van der Waals surface area contributed by atoms with Crippen LogP contribution in [0.25, 0.3) is 11.4 Å². The van der Waals surface area contributed by atoms with Crippen LogP contribution in [0.2, 0.25) is 0 Å². The predicted molar refractivity (Wildman–Crippen MR) is 87.4 cm³/mol. The molecule has 0 radical (unpaired) electrons. The van der Waals surface area contributed by atoms with E-state index in [0.29, 0.717) is 28.7 Å². The Bertz CT molecular complexity index is 833. The van der Waals surface area contributed by atoms with Gasteiger partial charge in [0.1, 0.15) is 11.6 Å². The van der Waals surface area contributed by atoms with Gasteiger partial charge in [-0.1, -0.05) is 6.07 Å². The van der Waals surface area contributed by atoms with Crippen molar-refractivity contribution >= 4 is 0 Å².